The van der Waals surface area contributed by atoms with Gasteiger partial charge in [0.05, 0.1) is 0 Å². The van der Waals surface area contributed by atoms with Crippen LogP contribution in [0.15, 0.2) is 48.5 Å². The Morgan fingerprint density at radius 2 is 1.72 bits per heavy atom. The molecule has 0 aliphatic carbocycles. The molecule has 0 saturated heterocycles. The van der Waals surface area contributed by atoms with Crippen LogP contribution in [0.1, 0.15) is 16.7 Å². The maximum absolute atomic E-state index is 14.1. The predicted octanol–water partition coefficient (Wildman–Crippen LogP) is 5.62. The Kier molecular flexibility index (Phi) is 6.16. The third-order valence-corrected chi connectivity index (χ3v) is 4.54. The molecule has 148 valence electrons. The number of aryl methyl sites for hydroxylation is 1. The zero-order chi connectivity index (χ0) is 21.0. The van der Waals surface area contributed by atoms with Gasteiger partial charge >= 0.3 is 0 Å². The van der Waals surface area contributed by atoms with Crippen LogP contribution in [0.2, 0.25) is 0 Å². The van der Waals surface area contributed by atoms with Crippen LogP contribution in [0.3, 0.4) is 0 Å². The fourth-order valence-electron chi connectivity index (χ4n) is 2.89. The summed E-state index contributed by atoms with van der Waals surface area (Å²) in [6.07, 6.45) is 0. The van der Waals surface area contributed by atoms with Gasteiger partial charge in [0.15, 0.2) is 11.6 Å². The normalized spacial score (nSPS) is 10.4. The minimum Gasteiger partial charge on any atom is -0.454 e. The maximum Gasteiger partial charge on any atom is 0.168 e. The van der Waals surface area contributed by atoms with Gasteiger partial charge in [0, 0.05) is 30.0 Å². The molecule has 0 radical (unpaired) electrons. The lowest BCUT2D eigenvalue weighted by molar-refractivity contribution is 0.240. The highest BCUT2D eigenvalue weighted by molar-refractivity contribution is 5.76. The Hall–Kier alpha value is -3.36. The first-order valence-electron chi connectivity index (χ1n) is 9.01. The van der Waals surface area contributed by atoms with Gasteiger partial charge in [-0.3, -0.25) is 0 Å². The van der Waals surface area contributed by atoms with Crippen molar-refractivity contribution in [1.82, 2.24) is 0 Å². The van der Waals surface area contributed by atoms with Gasteiger partial charge in [-0.1, -0.05) is 17.9 Å². The number of methoxy groups -OCH3 is 1. The van der Waals surface area contributed by atoms with Crippen molar-refractivity contribution in [3.63, 3.8) is 0 Å². The molecule has 0 heterocycles. The summed E-state index contributed by atoms with van der Waals surface area (Å²) < 4.78 is 38.0. The Morgan fingerprint density at radius 3 is 2.45 bits per heavy atom. The first-order valence-corrected chi connectivity index (χ1v) is 9.01. The van der Waals surface area contributed by atoms with Crippen LogP contribution in [0.25, 0.3) is 11.1 Å². The molecule has 0 atom stereocenters. The molecule has 0 bridgehead atoms. The van der Waals surface area contributed by atoms with Crippen LogP contribution in [0, 0.1) is 37.3 Å². The van der Waals surface area contributed by atoms with E-state index in [9.17, 15) is 8.78 Å². The average molecular weight is 393 g/mol. The second-order valence-corrected chi connectivity index (χ2v) is 6.63. The van der Waals surface area contributed by atoms with E-state index in [2.05, 4.69) is 11.8 Å². The van der Waals surface area contributed by atoms with Gasteiger partial charge in [-0.2, -0.15) is 0 Å². The van der Waals surface area contributed by atoms with E-state index in [-0.39, 0.29) is 5.75 Å². The number of nitrogens with two attached hydrogens (primary N) is 1. The highest BCUT2D eigenvalue weighted by Gasteiger charge is 2.14. The van der Waals surface area contributed by atoms with E-state index in [1.165, 1.54) is 6.07 Å². The summed E-state index contributed by atoms with van der Waals surface area (Å²) >= 11 is 0. The number of ether oxygens (including phenoxy) is 2. The molecule has 0 aliphatic heterocycles. The SMILES string of the molecule is COCC#Cc1cc(-c2cc(N)ccc2Oc2ccc(F)cc2F)cc(C)c1C. The second-order valence-electron chi connectivity index (χ2n) is 6.63. The molecule has 2 N–H and O–H groups in total. The molecule has 3 aromatic carbocycles. The summed E-state index contributed by atoms with van der Waals surface area (Å²) in [6, 6.07) is 12.2. The van der Waals surface area contributed by atoms with Crippen molar-refractivity contribution in [2.24, 2.45) is 0 Å². The zero-order valence-electron chi connectivity index (χ0n) is 16.5. The van der Waals surface area contributed by atoms with Gasteiger partial charge in [0.25, 0.3) is 0 Å². The van der Waals surface area contributed by atoms with E-state index in [0.717, 1.165) is 34.4 Å². The highest BCUT2D eigenvalue weighted by Crippen LogP contribution is 2.37. The minimum atomic E-state index is -0.779. The first-order chi connectivity index (χ1) is 13.9. The van der Waals surface area contributed by atoms with E-state index in [0.29, 0.717) is 23.6 Å². The standard InChI is InChI=1S/C24H21F2NO2/c1-15-11-18(12-17(16(15)2)5-4-10-28-3)21-14-20(27)7-9-23(21)29-24-8-6-19(25)13-22(24)26/h6-9,11-14H,10,27H2,1-3H3. The third kappa shape index (κ3) is 4.74. The molecule has 5 heteroatoms. The van der Waals surface area contributed by atoms with Crippen molar-refractivity contribution in [2.75, 3.05) is 19.5 Å². The lowest BCUT2D eigenvalue weighted by Crippen LogP contribution is -1.96. The molecule has 0 aliphatic rings. The van der Waals surface area contributed by atoms with Crippen molar-refractivity contribution in [3.05, 3.63) is 76.9 Å². The fraction of sp³-hybridized carbons (Fsp3) is 0.167. The van der Waals surface area contributed by atoms with Crippen LogP contribution >= 0.6 is 0 Å². The number of hydrogen-bond acceptors (Lipinski definition) is 3. The van der Waals surface area contributed by atoms with E-state index < -0.39 is 11.6 Å². The summed E-state index contributed by atoms with van der Waals surface area (Å²) in [6.45, 7) is 4.33. The number of nitrogen functional groups attached to an aromatic ring is 1. The van der Waals surface area contributed by atoms with Crippen LogP contribution in [-0.4, -0.2) is 13.7 Å². The van der Waals surface area contributed by atoms with E-state index in [1.54, 1.807) is 25.3 Å². The topological polar surface area (TPSA) is 44.5 Å². The molecule has 0 saturated carbocycles. The van der Waals surface area contributed by atoms with Crippen LogP contribution < -0.4 is 10.5 Å². The van der Waals surface area contributed by atoms with E-state index in [4.69, 9.17) is 15.2 Å². The Bertz CT molecular complexity index is 1110. The van der Waals surface area contributed by atoms with Crippen LogP contribution in [-0.2, 0) is 4.74 Å². The molecule has 0 aromatic heterocycles. The average Bonchev–Trinajstić information content (AvgIpc) is 2.68. The van der Waals surface area contributed by atoms with Gasteiger partial charge in [-0.15, -0.1) is 0 Å². The quantitative estimate of drug-likeness (QED) is 0.462. The molecule has 0 unspecified atom stereocenters. The highest BCUT2D eigenvalue weighted by atomic mass is 19.1. The van der Waals surface area contributed by atoms with E-state index in [1.807, 2.05) is 26.0 Å². The molecule has 0 spiro atoms. The number of anilines is 1. The van der Waals surface area contributed by atoms with Crippen molar-refractivity contribution >= 4 is 5.69 Å². The molecular formula is C24H21F2NO2. The zero-order valence-corrected chi connectivity index (χ0v) is 16.5. The lowest BCUT2D eigenvalue weighted by Gasteiger charge is -2.15. The number of benzene rings is 3. The van der Waals surface area contributed by atoms with Gasteiger partial charge in [0.1, 0.15) is 18.2 Å². The lowest BCUT2D eigenvalue weighted by atomic mass is 9.95. The second kappa shape index (κ2) is 8.76. The minimum absolute atomic E-state index is 0.0682. The third-order valence-electron chi connectivity index (χ3n) is 4.54. The summed E-state index contributed by atoms with van der Waals surface area (Å²) in [7, 11) is 1.59. The molecule has 0 fully saturated rings. The first kappa shape index (κ1) is 20.4. The van der Waals surface area contributed by atoms with Gasteiger partial charge in [-0.25, -0.2) is 8.78 Å². The molecule has 3 aromatic rings. The van der Waals surface area contributed by atoms with E-state index >= 15 is 0 Å². The summed E-state index contributed by atoms with van der Waals surface area (Å²) in [4.78, 5) is 0. The van der Waals surface area contributed by atoms with Crippen molar-refractivity contribution in [1.29, 1.82) is 0 Å². The maximum atomic E-state index is 14.1. The molecular weight excluding hydrogens is 372 g/mol. The van der Waals surface area contributed by atoms with Crippen molar-refractivity contribution < 1.29 is 18.3 Å². The molecule has 0 amide bonds. The molecule has 3 nitrogen and oxygen atoms in total. The van der Waals surface area contributed by atoms with Gasteiger partial charge in [0.2, 0.25) is 0 Å². The van der Waals surface area contributed by atoms with Gasteiger partial charge in [-0.05, 0) is 66.9 Å². The van der Waals surface area contributed by atoms with Crippen molar-refractivity contribution in [3.8, 4) is 34.5 Å². The van der Waals surface area contributed by atoms with Crippen molar-refractivity contribution in [2.45, 2.75) is 13.8 Å². The van der Waals surface area contributed by atoms with Crippen LogP contribution in [0.5, 0.6) is 11.5 Å². The number of rotatable bonds is 4. The summed E-state index contributed by atoms with van der Waals surface area (Å²) in [5.74, 6) is 4.97. The largest absolute Gasteiger partial charge is 0.454 e. The smallest absolute Gasteiger partial charge is 0.168 e. The summed E-state index contributed by atoms with van der Waals surface area (Å²) in [5, 5.41) is 0. The van der Waals surface area contributed by atoms with Gasteiger partial charge < -0.3 is 15.2 Å². The number of hydrogen-bond donors (Lipinski definition) is 1. The molecule has 3 rings (SSSR count). The summed E-state index contributed by atoms with van der Waals surface area (Å²) in [5.41, 5.74) is 11.0. The Morgan fingerprint density at radius 1 is 0.966 bits per heavy atom. The predicted molar refractivity (Wildman–Crippen MR) is 111 cm³/mol. The number of halogens is 2. The fourth-order valence-corrected chi connectivity index (χ4v) is 2.89. The Labute approximate surface area is 169 Å². The molecule has 29 heavy (non-hydrogen) atoms. The Balaban J connectivity index is 2.09. The monoisotopic (exact) mass is 393 g/mol. The van der Waals surface area contributed by atoms with Crippen LogP contribution in [0.4, 0.5) is 14.5 Å².